The van der Waals surface area contributed by atoms with E-state index in [-0.39, 0.29) is 34.7 Å². The number of hydrogen-bond acceptors (Lipinski definition) is 14. The third-order valence-corrected chi connectivity index (χ3v) is 23.1. The lowest BCUT2D eigenvalue weighted by Gasteiger charge is -2.29. The van der Waals surface area contributed by atoms with Crippen LogP contribution in [0, 0.1) is 0 Å². The predicted octanol–water partition coefficient (Wildman–Crippen LogP) is 17.8. The number of nitrogens with zero attached hydrogens (tertiary/aromatic N) is 11. The molecule has 0 saturated carbocycles. The van der Waals surface area contributed by atoms with Crippen molar-refractivity contribution in [2.45, 2.75) is 77.2 Å². The van der Waals surface area contributed by atoms with Crippen LogP contribution in [0.5, 0.6) is 11.5 Å². The molecule has 9 aromatic carbocycles. The fourth-order valence-corrected chi connectivity index (χ4v) is 15.9. The van der Waals surface area contributed by atoms with Crippen molar-refractivity contribution in [3.05, 3.63) is 389 Å². The molecule has 15 aromatic rings. The van der Waals surface area contributed by atoms with Crippen LogP contribution >= 0.6 is 78.3 Å². The molecule has 3 aliphatic rings. The van der Waals surface area contributed by atoms with E-state index in [9.17, 15) is 28.8 Å². The summed E-state index contributed by atoms with van der Waals surface area (Å²) in [6, 6.07) is 81.8. The first-order valence-corrected chi connectivity index (χ1v) is 41.7. The maximum Gasteiger partial charge on any atom is 0.405 e. The lowest BCUT2D eigenvalue weighted by molar-refractivity contribution is 0.0694. The molecule has 1 unspecified atom stereocenters. The molecule has 610 valence electrons. The topological polar surface area (TPSA) is 236 Å². The highest BCUT2D eigenvalue weighted by molar-refractivity contribution is 9.10. The SMILES string of the molecule is CC(Cl)OC(=O)Cl.COc1ccc(CN2CCc3c(n4nc(Cc5ccccc5)cc4n(-c4ccccc4)c3=O)C2)cc1OC.O=C(O)c1ccc(Br)c(Cl)c1.O=C(c1ccc(Br)c(Cl)c1)N1CCc2c(n3nc(Cc4ccccc4)cc3n(-c3ccccc3)c2=O)C1.O=c1c2c(n3nc(Cc4ccccc4)cc3n1-c1ccccc1)CNCC2. The molecular formula is C92H80Br2Cl4N12O10. The summed E-state index contributed by atoms with van der Waals surface area (Å²) in [6.45, 7) is 5.88. The largest absolute Gasteiger partial charge is 0.493 e. The smallest absolute Gasteiger partial charge is 0.405 e. The molecule has 9 heterocycles. The molecular weight excluding hydrogens is 1730 g/mol. The number of para-hydroxylation sites is 3. The van der Waals surface area contributed by atoms with Gasteiger partial charge in [-0.25, -0.2) is 23.1 Å². The summed E-state index contributed by atoms with van der Waals surface area (Å²) in [6.07, 6.45) is 3.92. The zero-order valence-electron chi connectivity index (χ0n) is 65.3. The Balaban J connectivity index is 0.000000135. The van der Waals surface area contributed by atoms with Crippen molar-refractivity contribution in [2.75, 3.05) is 33.9 Å². The number of halogens is 6. The molecule has 3 aliphatic heterocycles. The highest BCUT2D eigenvalue weighted by atomic mass is 79.9. The van der Waals surface area contributed by atoms with Crippen molar-refractivity contribution in [2.24, 2.45) is 0 Å². The van der Waals surface area contributed by atoms with Crippen LogP contribution in [-0.2, 0) is 69.4 Å². The summed E-state index contributed by atoms with van der Waals surface area (Å²) in [7, 11) is 3.29. The molecule has 120 heavy (non-hydrogen) atoms. The molecule has 0 saturated heterocycles. The first kappa shape index (κ1) is 84.7. The van der Waals surface area contributed by atoms with Gasteiger partial charge in [0.1, 0.15) is 16.9 Å². The Morgan fingerprint density at radius 1 is 0.475 bits per heavy atom. The van der Waals surface area contributed by atoms with Crippen LogP contribution in [0.3, 0.4) is 0 Å². The van der Waals surface area contributed by atoms with Crippen LogP contribution < -0.4 is 31.5 Å². The van der Waals surface area contributed by atoms with Gasteiger partial charge in [0.05, 0.1) is 87.6 Å². The highest BCUT2D eigenvalue weighted by Gasteiger charge is 2.31. The molecule has 1 amide bonds. The number of carbonyl (C=O) groups excluding carboxylic acids is 2. The van der Waals surface area contributed by atoms with Crippen molar-refractivity contribution in [1.82, 2.24) is 57.7 Å². The van der Waals surface area contributed by atoms with Crippen molar-refractivity contribution in [1.29, 1.82) is 0 Å². The van der Waals surface area contributed by atoms with Crippen LogP contribution in [0.4, 0.5) is 4.79 Å². The molecule has 0 spiro atoms. The van der Waals surface area contributed by atoms with Gasteiger partial charge in [-0.15, -0.1) is 0 Å². The van der Waals surface area contributed by atoms with E-state index in [0.717, 1.165) is 122 Å². The number of alkyl halides is 1. The van der Waals surface area contributed by atoms with Gasteiger partial charge in [0.2, 0.25) is 0 Å². The van der Waals surface area contributed by atoms with Crippen molar-refractivity contribution in [3.63, 3.8) is 0 Å². The average Bonchev–Trinajstić information content (AvgIpc) is 1.53. The maximum atomic E-state index is 13.9. The summed E-state index contributed by atoms with van der Waals surface area (Å²) < 4.78 is 27.6. The summed E-state index contributed by atoms with van der Waals surface area (Å²) in [5.41, 5.74) is 16.5. The number of fused-ring (bicyclic) bond motifs is 9. The summed E-state index contributed by atoms with van der Waals surface area (Å²) in [5.74, 6) is 0.329. The molecule has 18 rings (SSSR count). The van der Waals surface area contributed by atoms with E-state index in [1.54, 1.807) is 52.5 Å². The van der Waals surface area contributed by atoms with Crippen molar-refractivity contribution < 1.29 is 33.7 Å². The zero-order valence-corrected chi connectivity index (χ0v) is 71.5. The molecule has 0 radical (unpaired) electrons. The molecule has 22 nitrogen and oxygen atoms in total. The number of nitrogens with one attached hydrogen (secondary N) is 1. The number of carbonyl (C=O) groups is 3. The summed E-state index contributed by atoms with van der Waals surface area (Å²) >= 11 is 28.3. The minimum atomic E-state index is -0.973. The van der Waals surface area contributed by atoms with E-state index in [0.29, 0.717) is 88.1 Å². The van der Waals surface area contributed by atoms with Gasteiger partial charge in [-0.1, -0.05) is 186 Å². The molecule has 1 atom stereocenters. The van der Waals surface area contributed by atoms with Gasteiger partial charge in [-0.05, 0) is 172 Å². The Kier molecular flexibility index (Phi) is 27.5. The van der Waals surface area contributed by atoms with Gasteiger partial charge in [0.25, 0.3) is 22.6 Å². The van der Waals surface area contributed by atoms with E-state index in [1.807, 2.05) is 188 Å². The Labute approximate surface area is 727 Å². The second kappa shape index (κ2) is 39.0. The maximum absolute atomic E-state index is 13.9. The standard InChI is InChI=1S/C31H30N4O3.C29H22BrClN4O2.C22H20N4O.C7H4BrClO2.C3H4Cl2O2/c1-37-28-14-13-23(18-29(28)38-2)20-33-16-15-26-27(21-33)35-30(34(31(26)36)25-11-7-4-8-12-25)19-24(32-35)17-22-9-5-3-6-10-22;30-24-12-11-20(16-25(24)31)28(36)33-14-13-23-26(18-33)35-27(34(29(23)37)22-9-5-2-6-10-22)17-21(32-35)15-19-7-3-1-4-8-19;27-22-19-11-12-23-15-20(19)26-21(25(22)18-9-5-2-6-10-18)14-17(24-26)13-16-7-3-1-4-8-16;8-5-2-1-4(7(10)11)3-6(5)9;1-2(4)7-3(5)6/h3-14,18-19H,15-17,20-21H2,1-2H3;1-12,16-17H,13-15,18H2;1-10,14,23H,11-13,15H2;1-3H,(H,10,11);2H,1H3. The third-order valence-electron chi connectivity index (χ3n) is 20.4. The minimum absolute atomic E-state index is 0.0376. The first-order valence-electron chi connectivity index (χ1n) is 38.5. The number of aromatic nitrogens is 9. The van der Waals surface area contributed by atoms with Crippen molar-refractivity contribution >= 4 is 113 Å². The number of carboxylic acids is 1. The van der Waals surface area contributed by atoms with E-state index in [4.69, 9.17) is 76.3 Å². The van der Waals surface area contributed by atoms with Gasteiger partial charge < -0.3 is 29.5 Å². The average molecular weight is 1820 g/mol. The number of ether oxygens (including phenoxy) is 3. The quantitative estimate of drug-likeness (QED) is 0.0676. The van der Waals surface area contributed by atoms with Crippen LogP contribution in [0.1, 0.15) is 101 Å². The van der Waals surface area contributed by atoms with Crippen LogP contribution in [0.25, 0.3) is 34.0 Å². The number of amides is 1. The van der Waals surface area contributed by atoms with Gasteiger partial charge in [-0.3, -0.25) is 37.8 Å². The van der Waals surface area contributed by atoms with Gasteiger partial charge in [0, 0.05) is 113 Å². The van der Waals surface area contributed by atoms with E-state index < -0.39 is 17.0 Å². The number of aromatic carboxylic acids is 1. The first-order chi connectivity index (χ1) is 58.2. The fourth-order valence-electron chi connectivity index (χ4n) is 14.8. The fraction of sp³-hybridized carbons (Fsp3) is 0.185. The summed E-state index contributed by atoms with van der Waals surface area (Å²) in [5, 5.41) is 27.6. The Hall–Kier alpha value is -11.7. The highest BCUT2D eigenvalue weighted by Crippen LogP contribution is 2.32. The normalized spacial score (nSPS) is 13.0. The minimum Gasteiger partial charge on any atom is -0.493 e. The number of carboxylic acid groups (broad SMARTS) is 1. The lowest BCUT2D eigenvalue weighted by atomic mass is 10.0. The van der Waals surface area contributed by atoms with E-state index >= 15 is 0 Å². The number of methoxy groups -OCH3 is 2. The third kappa shape index (κ3) is 19.7. The second-order valence-electron chi connectivity index (χ2n) is 28.4. The Morgan fingerprint density at radius 2 is 0.875 bits per heavy atom. The van der Waals surface area contributed by atoms with Gasteiger partial charge >= 0.3 is 11.4 Å². The van der Waals surface area contributed by atoms with Crippen molar-refractivity contribution in [3.8, 4) is 28.6 Å². The Morgan fingerprint density at radius 3 is 1.28 bits per heavy atom. The number of hydrogen-bond donors (Lipinski definition) is 2. The summed E-state index contributed by atoms with van der Waals surface area (Å²) in [4.78, 5) is 78.6. The molecule has 6 aromatic heterocycles. The van der Waals surface area contributed by atoms with E-state index in [1.165, 1.54) is 30.2 Å². The van der Waals surface area contributed by atoms with Crippen LogP contribution in [-0.4, -0.2) is 114 Å². The molecule has 0 bridgehead atoms. The monoisotopic (exact) mass is 1810 g/mol. The van der Waals surface area contributed by atoms with Crippen LogP contribution in [0.15, 0.2) is 278 Å². The Bertz CT molecular complexity index is 6420. The molecule has 0 fully saturated rings. The molecule has 2 N–H and O–H groups in total. The van der Waals surface area contributed by atoms with E-state index in [2.05, 4.69) is 95.3 Å². The zero-order chi connectivity index (χ0) is 84.1. The second-order valence-corrected chi connectivity index (χ2v) is 31.9. The lowest BCUT2D eigenvalue weighted by Crippen LogP contribution is -2.41. The van der Waals surface area contributed by atoms with Gasteiger partial charge in [-0.2, -0.15) is 15.3 Å². The molecule has 0 aliphatic carbocycles. The number of rotatable bonds is 16. The number of benzene rings is 9. The van der Waals surface area contributed by atoms with Crippen LogP contribution in [0.2, 0.25) is 10.0 Å². The predicted molar refractivity (Wildman–Crippen MR) is 474 cm³/mol. The van der Waals surface area contributed by atoms with Gasteiger partial charge in [0.15, 0.2) is 17.1 Å². The molecule has 28 heteroatoms.